The fraction of sp³-hybridized carbons (Fsp3) is 0.375. The summed E-state index contributed by atoms with van der Waals surface area (Å²) in [5.74, 6) is -0.0503. The molecule has 154 valence electrons. The van der Waals surface area contributed by atoms with Crippen LogP contribution in [0.2, 0.25) is 0 Å². The van der Waals surface area contributed by atoms with E-state index in [9.17, 15) is 9.90 Å². The summed E-state index contributed by atoms with van der Waals surface area (Å²) < 4.78 is 5.77. The van der Waals surface area contributed by atoms with Gasteiger partial charge in [0.15, 0.2) is 0 Å². The predicted molar refractivity (Wildman–Crippen MR) is 118 cm³/mol. The zero-order chi connectivity index (χ0) is 20.8. The summed E-state index contributed by atoms with van der Waals surface area (Å²) in [5.41, 5.74) is 11.0. The van der Waals surface area contributed by atoms with Crippen molar-refractivity contribution < 1.29 is 14.6 Å². The van der Waals surface area contributed by atoms with Crippen molar-refractivity contribution in [2.45, 2.75) is 46.0 Å². The number of fused-ring (bicyclic) bond motifs is 1. The van der Waals surface area contributed by atoms with Gasteiger partial charge in [0.05, 0.1) is 12.2 Å². The van der Waals surface area contributed by atoms with Crippen LogP contribution < -0.4 is 10.5 Å². The van der Waals surface area contributed by atoms with Gasteiger partial charge in [-0.15, -0.1) is 0 Å². The SMILES string of the molecule is CCCCOc1ccc(-c2[nH]c3c(C)ccc(C(=O)O)c3c2CCCCN)cc1. The van der Waals surface area contributed by atoms with Gasteiger partial charge < -0.3 is 20.6 Å². The molecule has 4 N–H and O–H groups in total. The summed E-state index contributed by atoms with van der Waals surface area (Å²) in [5, 5.41) is 10.6. The third-order valence-electron chi connectivity index (χ3n) is 5.29. The van der Waals surface area contributed by atoms with Crippen LogP contribution in [0.15, 0.2) is 36.4 Å². The number of aromatic nitrogens is 1. The Kier molecular flexibility index (Phi) is 6.94. The van der Waals surface area contributed by atoms with Crippen LogP contribution in [0.1, 0.15) is 54.1 Å². The number of aryl methyl sites for hydroxylation is 2. The van der Waals surface area contributed by atoms with Crippen molar-refractivity contribution in [3.05, 3.63) is 53.1 Å². The Hall–Kier alpha value is -2.79. The summed E-state index contributed by atoms with van der Waals surface area (Å²) in [4.78, 5) is 15.4. The Bertz CT molecular complexity index is 974. The molecule has 0 saturated heterocycles. The third kappa shape index (κ3) is 4.62. The van der Waals surface area contributed by atoms with E-state index in [1.54, 1.807) is 6.07 Å². The van der Waals surface area contributed by atoms with Gasteiger partial charge in [0.1, 0.15) is 5.75 Å². The number of aromatic carboxylic acids is 1. The molecule has 5 heteroatoms. The molecule has 2 aromatic carbocycles. The number of H-pyrrole nitrogens is 1. The molecule has 0 spiro atoms. The Morgan fingerprint density at radius 1 is 1.10 bits per heavy atom. The molecule has 0 atom stereocenters. The first-order chi connectivity index (χ1) is 14.1. The van der Waals surface area contributed by atoms with Crippen LogP contribution in [-0.4, -0.2) is 29.2 Å². The van der Waals surface area contributed by atoms with Crippen molar-refractivity contribution >= 4 is 16.9 Å². The van der Waals surface area contributed by atoms with Gasteiger partial charge in [-0.25, -0.2) is 4.79 Å². The molecule has 1 heterocycles. The van der Waals surface area contributed by atoms with Crippen LogP contribution in [0, 0.1) is 6.92 Å². The Balaban J connectivity index is 2.06. The molecular weight excluding hydrogens is 364 g/mol. The lowest BCUT2D eigenvalue weighted by Gasteiger charge is -2.09. The van der Waals surface area contributed by atoms with E-state index >= 15 is 0 Å². The van der Waals surface area contributed by atoms with Crippen LogP contribution in [-0.2, 0) is 6.42 Å². The molecule has 3 rings (SSSR count). The summed E-state index contributed by atoms with van der Waals surface area (Å²) in [6, 6.07) is 11.6. The molecular formula is C24H30N2O3. The number of nitrogens with one attached hydrogen (secondary N) is 1. The molecule has 29 heavy (non-hydrogen) atoms. The number of hydrogen-bond acceptors (Lipinski definition) is 3. The minimum atomic E-state index is -0.903. The van der Waals surface area contributed by atoms with E-state index in [0.29, 0.717) is 18.7 Å². The largest absolute Gasteiger partial charge is 0.494 e. The number of benzene rings is 2. The van der Waals surface area contributed by atoms with Crippen molar-refractivity contribution in [2.24, 2.45) is 5.73 Å². The van der Waals surface area contributed by atoms with Crippen molar-refractivity contribution in [3.63, 3.8) is 0 Å². The zero-order valence-electron chi connectivity index (χ0n) is 17.3. The van der Waals surface area contributed by atoms with Crippen molar-refractivity contribution in [3.8, 4) is 17.0 Å². The summed E-state index contributed by atoms with van der Waals surface area (Å²) in [7, 11) is 0. The molecule has 0 saturated carbocycles. The molecule has 0 amide bonds. The third-order valence-corrected chi connectivity index (χ3v) is 5.29. The number of carboxylic acids is 1. The van der Waals surface area contributed by atoms with E-state index in [1.165, 1.54) is 0 Å². The lowest BCUT2D eigenvalue weighted by molar-refractivity contribution is 0.0699. The monoisotopic (exact) mass is 394 g/mol. The van der Waals surface area contributed by atoms with Crippen LogP contribution in [0.25, 0.3) is 22.2 Å². The lowest BCUT2D eigenvalue weighted by atomic mass is 9.96. The Labute approximate surface area is 171 Å². The maximum atomic E-state index is 11.9. The summed E-state index contributed by atoms with van der Waals surface area (Å²) in [6.07, 6.45) is 4.74. The van der Waals surface area contributed by atoms with E-state index in [2.05, 4.69) is 11.9 Å². The van der Waals surface area contributed by atoms with Crippen molar-refractivity contribution in [1.82, 2.24) is 4.98 Å². The van der Waals surface area contributed by atoms with Gasteiger partial charge >= 0.3 is 5.97 Å². The second kappa shape index (κ2) is 9.61. The molecule has 3 aromatic rings. The molecule has 0 radical (unpaired) electrons. The number of nitrogens with two attached hydrogens (primary N) is 1. The van der Waals surface area contributed by atoms with Gasteiger partial charge in [-0.2, -0.15) is 0 Å². The average molecular weight is 395 g/mol. The van der Waals surface area contributed by atoms with E-state index in [4.69, 9.17) is 10.5 Å². The van der Waals surface area contributed by atoms with E-state index in [-0.39, 0.29) is 0 Å². The zero-order valence-corrected chi connectivity index (χ0v) is 17.3. The summed E-state index contributed by atoms with van der Waals surface area (Å²) >= 11 is 0. The first-order valence-corrected chi connectivity index (χ1v) is 10.4. The Morgan fingerprint density at radius 2 is 1.86 bits per heavy atom. The molecule has 0 aliphatic rings. The second-order valence-corrected chi connectivity index (χ2v) is 7.44. The van der Waals surface area contributed by atoms with E-state index in [1.807, 2.05) is 37.3 Å². The Morgan fingerprint density at radius 3 is 2.52 bits per heavy atom. The van der Waals surface area contributed by atoms with Gasteiger partial charge in [0, 0.05) is 16.6 Å². The highest BCUT2D eigenvalue weighted by Gasteiger charge is 2.20. The number of carboxylic acid groups (broad SMARTS) is 1. The van der Waals surface area contributed by atoms with Crippen LogP contribution >= 0.6 is 0 Å². The highest BCUT2D eigenvalue weighted by Crippen LogP contribution is 2.36. The maximum absolute atomic E-state index is 11.9. The normalized spacial score (nSPS) is 11.1. The minimum absolute atomic E-state index is 0.343. The molecule has 0 bridgehead atoms. The fourth-order valence-electron chi connectivity index (χ4n) is 3.68. The van der Waals surface area contributed by atoms with Crippen LogP contribution in [0.5, 0.6) is 5.75 Å². The van der Waals surface area contributed by atoms with Gasteiger partial charge in [-0.3, -0.25) is 0 Å². The average Bonchev–Trinajstić information content (AvgIpc) is 3.09. The van der Waals surface area contributed by atoms with Crippen molar-refractivity contribution in [1.29, 1.82) is 0 Å². The predicted octanol–water partition coefficient (Wildman–Crippen LogP) is 5.30. The highest BCUT2D eigenvalue weighted by atomic mass is 16.5. The van der Waals surface area contributed by atoms with E-state index in [0.717, 1.165) is 71.1 Å². The van der Waals surface area contributed by atoms with E-state index < -0.39 is 5.97 Å². The smallest absolute Gasteiger partial charge is 0.336 e. The number of unbranched alkanes of at least 4 members (excludes halogenated alkanes) is 2. The second-order valence-electron chi connectivity index (χ2n) is 7.44. The highest BCUT2D eigenvalue weighted by molar-refractivity contribution is 6.07. The molecule has 0 unspecified atom stereocenters. The summed E-state index contributed by atoms with van der Waals surface area (Å²) in [6.45, 7) is 5.49. The number of aromatic amines is 1. The first-order valence-electron chi connectivity index (χ1n) is 10.4. The molecule has 0 fully saturated rings. The fourth-order valence-corrected chi connectivity index (χ4v) is 3.68. The quantitative estimate of drug-likeness (QED) is 0.407. The topological polar surface area (TPSA) is 88.3 Å². The van der Waals surface area contributed by atoms with Crippen LogP contribution in [0.3, 0.4) is 0 Å². The standard InChI is InChI=1S/C24H30N2O3/c1-3-4-15-29-18-11-9-17(10-12-18)23-19(7-5-6-14-25)21-20(24(27)28)13-8-16(2)22(21)26-23/h8-13,26H,3-7,14-15,25H2,1-2H3,(H,27,28). The molecule has 0 aliphatic carbocycles. The number of carbonyl (C=O) groups is 1. The van der Waals surface area contributed by atoms with Crippen LogP contribution in [0.4, 0.5) is 0 Å². The van der Waals surface area contributed by atoms with Gasteiger partial charge in [0.25, 0.3) is 0 Å². The van der Waals surface area contributed by atoms with Gasteiger partial charge in [-0.1, -0.05) is 19.4 Å². The minimum Gasteiger partial charge on any atom is -0.494 e. The number of hydrogen-bond donors (Lipinski definition) is 3. The number of ether oxygens (including phenoxy) is 1. The molecule has 5 nitrogen and oxygen atoms in total. The molecule has 1 aromatic heterocycles. The molecule has 0 aliphatic heterocycles. The maximum Gasteiger partial charge on any atom is 0.336 e. The van der Waals surface area contributed by atoms with Gasteiger partial charge in [-0.05, 0) is 86.2 Å². The number of rotatable bonds is 10. The van der Waals surface area contributed by atoms with Crippen molar-refractivity contribution in [2.75, 3.05) is 13.2 Å². The lowest BCUT2D eigenvalue weighted by Crippen LogP contribution is -2.01. The van der Waals surface area contributed by atoms with Gasteiger partial charge in [0.2, 0.25) is 0 Å². The first kappa shape index (κ1) is 20.9.